The van der Waals surface area contributed by atoms with Crippen LogP contribution in [0.15, 0.2) is 23.2 Å². The van der Waals surface area contributed by atoms with Gasteiger partial charge in [0.15, 0.2) is 17.5 Å². The summed E-state index contributed by atoms with van der Waals surface area (Å²) in [7, 11) is 3.36. The molecule has 2 N–H and O–H groups in total. The summed E-state index contributed by atoms with van der Waals surface area (Å²) in [5.74, 6) is 4.51. The SMILES string of the molecule is C#CCOc1cc(CNC(=NC)NCCCOCCCC)ccc1OC. The number of rotatable bonds is 12. The van der Waals surface area contributed by atoms with E-state index < -0.39 is 0 Å². The molecule has 1 rings (SSSR count). The van der Waals surface area contributed by atoms with Crippen molar-refractivity contribution < 1.29 is 14.2 Å². The van der Waals surface area contributed by atoms with Gasteiger partial charge in [0.25, 0.3) is 0 Å². The number of aliphatic imine (C=N–C) groups is 1. The number of nitrogens with zero attached hydrogens (tertiary/aromatic N) is 1. The molecule has 144 valence electrons. The second-order valence-corrected chi connectivity index (χ2v) is 5.65. The minimum absolute atomic E-state index is 0.205. The molecule has 0 aromatic heterocycles. The van der Waals surface area contributed by atoms with E-state index in [1.54, 1.807) is 14.2 Å². The Hall–Kier alpha value is -2.39. The van der Waals surface area contributed by atoms with Crippen LogP contribution in [-0.4, -0.2) is 46.5 Å². The Balaban J connectivity index is 2.39. The van der Waals surface area contributed by atoms with Crippen molar-refractivity contribution in [2.75, 3.05) is 40.5 Å². The van der Waals surface area contributed by atoms with Gasteiger partial charge in [0.1, 0.15) is 6.61 Å². The van der Waals surface area contributed by atoms with Crippen LogP contribution in [0.5, 0.6) is 11.5 Å². The minimum atomic E-state index is 0.205. The maximum absolute atomic E-state index is 5.55. The monoisotopic (exact) mass is 361 g/mol. The number of ether oxygens (including phenoxy) is 3. The summed E-state index contributed by atoms with van der Waals surface area (Å²) in [6.07, 6.45) is 8.47. The van der Waals surface area contributed by atoms with E-state index in [-0.39, 0.29) is 6.61 Å². The van der Waals surface area contributed by atoms with Crippen LogP contribution >= 0.6 is 0 Å². The number of guanidine groups is 1. The first-order valence-electron chi connectivity index (χ1n) is 9.00. The first-order chi connectivity index (χ1) is 12.7. The zero-order chi connectivity index (χ0) is 19.0. The summed E-state index contributed by atoms with van der Waals surface area (Å²) < 4.78 is 16.4. The Kier molecular flexibility index (Phi) is 11.5. The van der Waals surface area contributed by atoms with Crippen molar-refractivity contribution >= 4 is 5.96 Å². The molecule has 26 heavy (non-hydrogen) atoms. The summed E-state index contributed by atoms with van der Waals surface area (Å²) >= 11 is 0. The van der Waals surface area contributed by atoms with Crippen molar-refractivity contribution in [1.29, 1.82) is 0 Å². The molecular weight excluding hydrogens is 330 g/mol. The molecule has 0 aliphatic heterocycles. The van der Waals surface area contributed by atoms with Gasteiger partial charge in [0.2, 0.25) is 0 Å². The molecule has 6 nitrogen and oxygen atoms in total. The Labute approximate surface area is 157 Å². The van der Waals surface area contributed by atoms with Gasteiger partial charge >= 0.3 is 0 Å². The Morgan fingerprint density at radius 2 is 2.00 bits per heavy atom. The first kappa shape index (κ1) is 21.7. The second-order valence-electron chi connectivity index (χ2n) is 5.65. The zero-order valence-electron chi connectivity index (χ0n) is 16.1. The highest BCUT2D eigenvalue weighted by Crippen LogP contribution is 2.27. The lowest BCUT2D eigenvalue weighted by molar-refractivity contribution is 0.129. The second kappa shape index (κ2) is 13.9. The molecule has 0 unspecified atom stereocenters. The van der Waals surface area contributed by atoms with Crippen molar-refractivity contribution in [3.63, 3.8) is 0 Å². The maximum atomic E-state index is 5.55. The van der Waals surface area contributed by atoms with Crippen molar-refractivity contribution in [2.24, 2.45) is 4.99 Å². The Morgan fingerprint density at radius 3 is 2.69 bits per heavy atom. The van der Waals surface area contributed by atoms with Gasteiger partial charge < -0.3 is 24.8 Å². The van der Waals surface area contributed by atoms with Crippen LogP contribution in [0.25, 0.3) is 0 Å². The zero-order valence-corrected chi connectivity index (χ0v) is 16.1. The molecule has 0 amide bonds. The van der Waals surface area contributed by atoms with E-state index in [9.17, 15) is 0 Å². The topological polar surface area (TPSA) is 64.1 Å². The smallest absolute Gasteiger partial charge is 0.191 e. The van der Waals surface area contributed by atoms with E-state index in [0.29, 0.717) is 18.0 Å². The third-order valence-corrected chi connectivity index (χ3v) is 3.62. The highest BCUT2D eigenvalue weighted by atomic mass is 16.5. The molecule has 1 aromatic carbocycles. The summed E-state index contributed by atoms with van der Waals surface area (Å²) in [5.41, 5.74) is 1.05. The third kappa shape index (κ3) is 8.63. The van der Waals surface area contributed by atoms with Crippen LogP contribution in [0.1, 0.15) is 31.7 Å². The number of terminal acetylenes is 1. The van der Waals surface area contributed by atoms with E-state index in [1.807, 2.05) is 18.2 Å². The lowest BCUT2D eigenvalue weighted by Gasteiger charge is -2.14. The predicted octanol–water partition coefficient (Wildman–Crippen LogP) is 2.58. The quantitative estimate of drug-likeness (QED) is 0.259. The molecule has 0 heterocycles. The summed E-state index contributed by atoms with van der Waals surface area (Å²) in [5, 5.41) is 6.56. The number of hydrogen-bond donors (Lipinski definition) is 2. The number of nitrogens with one attached hydrogen (secondary N) is 2. The number of unbranched alkanes of at least 4 members (excludes halogenated alkanes) is 1. The lowest BCUT2D eigenvalue weighted by Crippen LogP contribution is -2.37. The van der Waals surface area contributed by atoms with Crippen LogP contribution in [0.2, 0.25) is 0 Å². The number of methoxy groups -OCH3 is 1. The van der Waals surface area contributed by atoms with Gasteiger partial charge in [-0.25, -0.2) is 0 Å². The maximum Gasteiger partial charge on any atom is 0.191 e. The molecule has 0 aliphatic rings. The van der Waals surface area contributed by atoms with Crippen molar-refractivity contribution in [1.82, 2.24) is 10.6 Å². The van der Waals surface area contributed by atoms with Crippen molar-refractivity contribution in [3.8, 4) is 23.8 Å². The van der Waals surface area contributed by atoms with Crippen molar-refractivity contribution in [3.05, 3.63) is 23.8 Å². The van der Waals surface area contributed by atoms with Gasteiger partial charge in [-0.15, -0.1) is 6.42 Å². The van der Waals surface area contributed by atoms with Crippen LogP contribution in [-0.2, 0) is 11.3 Å². The normalized spacial score (nSPS) is 10.9. The minimum Gasteiger partial charge on any atom is -0.493 e. The molecule has 0 saturated heterocycles. The Bertz CT molecular complexity index is 582. The number of benzene rings is 1. The fraction of sp³-hybridized carbons (Fsp3) is 0.550. The summed E-state index contributed by atoms with van der Waals surface area (Å²) in [6.45, 7) is 5.39. The molecule has 0 saturated carbocycles. The number of hydrogen-bond acceptors (Lipinski definition) is 4. The lowest BCUT2D eigenvalue weighted by atomic mass is 10.2. The molecule has 1 aromatic rings. The van der Waals surface area contributed by atoms with Gasteiger partial charge in [0, 0.05) is 33.4 Å². The average molecular weight is 361 g/mol. The van der Waals surface area contributed by atoms with E-state index in [2.05, 4.69) is 28.5 Å². The average Bonchev–Trinajstić information content (AvgIpc) is 2.68. The molecule has 0 spiro atoms. The van der Waals surface area contributed by atoms with Crippen LogP contribution < -0.4 is 20.1 Å². The Morgan fingerprint density at radius 1 is 1.19 bits per heavy atom. The molecule has 0 radical (unpaired) electrons. The van der Waals surface area contributed by atoms with Gasteiger partial charge in [-0.05, 0) is 30.5 Å². The fourth-order valence-electron chi connectivity index (χ4n) is 2.20. The van der Waals surface area contributed by atoms with Crippen LogP contribution in [0.3, 0.4) is 0 Å². The molecule has 6 heteroatoms. The van der Waals surface area contributed by atoms with E-state index in [0.717, 1.165) is 50.5 Å². The molecule has 0 aliphatic carbocycles. The third-order valence-electron chi connectivity index (χ3n) is 3.62. The van der Waals surface area contributed by atoms with Gasteiger partial charge in [-0.2, -0.15) is 0 Å². The highest BCUT2D eigenvalue weighted by Gasteiger charge is 2.06. The highest BCUT2D eigenvalue weighted by molar-refractivity contribution is 5.79. The van der Waals surface area contributed by atoms with Crippen molar-refractivity contribution in [2.45, 2.75) is 32.7 Å². The van der Waals surface area contributed by atoms with E-state index >= 15 is 0 Å². The molecule has 0 atom stereocenters. The van der Waals surface area contributed by atoms with Gasteiger partial charge in [0.05, 0.1) is 7.11 Å². The van der Waals surface area contributed by atoms with E-state index in [1.165, 1.54) is 0 Å². The summed E-state index contributed by atoms with van der Waals surface area (Å²) in [6, 6.07) is 5.76. The van der Waals surface area contributed by atoms with Gasteiger partial charge in [-0.1, -0.05) is 25.3 Å². The van der Waals surface area contributed by atoms with E-state index in [4.69, 9.17) is 20.6 Å². The van der Waals surface area contributed by atoms with Gasteiger partial charge in [-0.3, -0.25) is 4.99 Å². The predicted molar refractivity (Wildman–Crippen MR) is 106 cm³/mol. The summed E-state index contributed by atoms with van der Waals surface area (Å²) in [4.78, 5) is 4.23. The molecular formula is C20H31N3O3. The van der Waals surface area contributed by atoms with Crippen LogP contribution in [0, 0.1) is 12.3 Å². The van der Waals surface area contributed by atoms with Crippen LogP contribution in [0.4, 0.5) is 0 Å². The molecule has 0 fully saturated rings. The standard InChI is InChI=1S/C20H31N3O3/c1-5-7-13-25-14-8-11-22-20(21-3)23-16-17-9-10-18(24-4)19(15-17)26-12-6-2/h2,9-10,15H,5,7-8,11-14,16H2,1,3-4H3,(H2,21,22,23). The largest absolute Gasteiger partial charge is 0.493 e. The fourth-order valence-corrected chi connectivity index (χ4v) is 2.20. The molecule has 0 bridgehead atoms. The first-order valence-corrected chi connectivity index (χ1v) is 9.00.